The molecule has 0 aliphatic carbocycles. The van der Waals surface area contributed by atoms with Gasteiger partial charge in [0.1, 0.15) is 0 Å². The standard InChI is InChI=1S/C14H20N2O2/c1-5-16(6-2)14(18)13(17)15-12-9-7-8-10(3)11(12)4/h7-9H,5-6H2,1-4H3,(H,15,17). The molecule has 0 aromatic heterocycles. The van der Waals surface area contributed by atoms with Gasteiger partial charge in [-0.15, -0.1) is 0 Å². The average Bonchev–Trinajstić information content (AvgIpc) is 2.36. The second kappa shape index (κ2) is 6.19. The number of hydrogen-bond acceptors (Lipinski definition) is 2. The molecule has 1 N–H and O–H groups in total. The van der Waals surface area contributed by atoms with Crippen LogP contribution in [-0.2, 0) is 9.59 Å². The average molecular weight is 248 g/mol. The lowest BCUT2D eigenvalue weighted by atomic mass is 10.1. The molecule has 0 unspecified atom stereocenters. The lowest BCUT2D eigenvalue weighted by Crippen LogP contribution is -2.39. The van der Waals surface area contributed by atoms with Crippen molar-refractivity contribution in [1.82, 2.24) is 4.90 Å². The van der Waals surface area contributed by atoms with E-state index in [0.717, 1.165) is 11.1 Å². The summed E-state index contributed by atoms with van der Waals surface area (Å²) < 4.78 is 0. The topological polar surface area (TPSA) is 49.4 Å². The van der Waals surface area contributed by atoms with Gasteiger partial charge in [0.2, 0.25) is 0 Å². The third kappa shape index (κ3) is 3.09. The Bertz CT molecular complexity index is 451. The van der Waals surface area contributed by atoms with Gasteiger partial charge in [-0.05, 0) is 44.9 Å². The van der Waals surface area contributed by atoms with Crippen molar-refractivity contribution in [2.75, 3.05) is 18.4 Å². The maximum atomic E-state index is 11.8. The summed E-state index contributed by atoms with van der Waals surface area (Å²) in [5.41, 5.74) is 2.77. The van der Waals surface area contributed by atoms with Crippen molar-refractivity contribution in [2.24, 2.45) is 0 Å². The summed E-state index contributed by atoms with van der Waals surface area (Å²) in [6, 6.07) is 5.63. The molecule has 0 atom stereocenters. The van der Waals surface area contributed by atoms with Gasteiger partial charge < -0.3 is 10.2 Å². The van der Waals surface area contributed by atoms with E-state index in [-0.39, 0.29) is 0 Å². The molecule has 0 spiro atoms. The Morgan fingerprint density at radius 3 is 2.33 bits per heavy atom. The number of aryl methyl sites for hydroxylation is 1. The fourth-order valence-corrected chi connectivity index (χ4v) is 1.72. The fraction of sp³-hybridized carbons (Fsp3) is 0.429. The lowest BCUT2D eigenvalue weighted by Gasteiger charge is -2.18. The molecule has 0 aliphatic rings. The first-order valence-corrected chi connectivity index (χ1v) is 6.17. The SMILES string of the molecule is CCN(CC)C(=O)C(=O)Nc1cccc(C)c1C. The number of nitrogens with one attached hydrogen (secondary N) is 1. The summed E-state index contributed by atoms with van der Waals surface area (Å²) in [5, 5.41) is 2.67. The van der Waals surface area contributed by atoms with Crippen molar-refractivity contribution in [1.29, 1.82) is 0 Å². The zero-order valence-electron chi connectivity index (χ0n) is 11.4. The zero-order valence-corrected chi connectivity index (χ0v) is 11.4. The van der Waals surface area contributed by atoms with E-state index >= 15 is 0 Å². The number of benzene rings is 1. The van der Waals surface area contributed by atoms with Crippen molar-refractivity contribution in [3.8, 4) is 0 Å². The predicted molar refractivity (Wildman–Crippen MR) is 72.5 cm³/mol. The second-order valence-electron chi connectivity index (χ2n) is 4.18. The minimum absolute atomic E-state index is 0.485. The van der Waals surface area contributed by atoms with Crippen molar-refractivity contribution in [3.05, 3.63) is 29.3 Å². The number of hydrogen-bond donors (Lipinski definition) is 1. The molecule has 4 nitrogen and oxygen atoms in total. The van der Waals surface area contributed by atoms with Crippen LogP contribution >= 0.6 is 0 Å². The van der Waals surface area contributed by atoms with Crippen molar-refractivity contribution in [2.45, 2.75) is 27.7 Å². The van der Waals surface area contributed by atoms with Crippen molar-refractivity contribution >= 4 is 17.5 Å². The van der Waals surface area contributed by atoms with Gasteiger partial charge in [0.25, 0.3) is 0 Å². The van der Waals surface area contributed by atoms with E-state index in [2.05, 4.69) is 5.32 Å². The summed E-state index contributed by atoms with van der Waals surface area (Å²) >= 11 is 0. The summed E-state index contributed by atoms with van der Waals surface area (Å²) in [7, 11) is 0. The first kappa shape index (κ1) is 14.2. The van der Waals surface area contributed by atoms with E-state index in [9.17, 15) is 9.59 Å². The molecule has 0 fully saturated rings. The van der Waals surface area contributed by atoms with Gasteiger partial charge in [-0.2, -0.15) is 0 Å². The lowest BCUT2D eigenvalue weighted by molar-refractivity contribution is -0.142. The summed E-state index contributed by atoms with van der Waals surface area (Å²) in [6.45, 7) is 8.67. The molecule has 0 saturated carbocycles. The highest BCUT2D eigenvalue weighted by molar-refractivity contribution is 6.39. The van der Waals surface area contributed by atoms with Crippen LogP contribution in [0.5, 0.6) is 0 Å². The second-order valence-corrected chi connectivity index (χ2v) is 4.18. The fourth-order valence-electron chi connectivity index (χ4n) is 1.72. The van der Waals surface area contributed by atoms with Crippen LogP contribution in [-0.4, -0.2) is 29.8 Å². The molecule has 1 rings (SSSR count). The molecule has 18 heavy (non-hydrogen) atoms. The zero-order chi connectivity index (χ0) is 13.7. The van der Waals surface area contributed by atoms with Gasteiger partial charge in [-0.1, -0.05) is 12.1 Å². The van der Waals surface area contributed by atoms with Crippen LogP contribution in [0.25, 0.3) is 0 Å². The largest absolute Gasteiger partial charge is 0.335 e. The van der Waals surface area contributed by atoms with E-state index in [4.69, 9.17) is 0 Å². The third-order valence-corrected chi connectivity index (χ3v) is 3.10. The third-order valence-electron chi connectivity index (χ3n) is 3.10. The van der Waals surface area contributed by atoms with E-state index in [1.165, 1.54) is 4.90 Å². The summed E-state index contributed by atoms with van der Waals surface area (Å²) in [6.07, 6.45) is 0. The highest BCUT2D eigenvalue weighted by Gasteiger charge is 2.19. The van der Waals surface area contributed by atoms with Crippen LogP contribution in [0.4, 0.5) is 5.69 Å². The molecule has 0 radical (unpaired) electrons. The predicted octanol–water partition coefficient (Wildman–Crippen LogP) is 2.11. The molecule has 1 aromatic rings. The van der Waals surface area contributed by atoms with Crippen LogP contribution in [0.2, 0.25) is 0 Å². The number of likely N-dealkylation sites (N-methyl/N-ethyl adjacent to an activating group) is 1. The summed E-state index contributed by atoms with van der Waals surface area (Å²) in [4.78, 5) is 25.2. The molecule has 4 heteroatoms. The molecule has 2 amide bonds. The number of anilines is 1. The molecule has 0 heterocycles. The van der Waals surface area contributed by atoms with E-state index in [1.807, 2.05) is 39.8 Å². The first-order valence-electron chi connectivity index (χ1n) is 6.17. The molecule has 98 valence electrons. The Kier molecular flexibility index (Phi) is 4.89. The highest BCUT2D eigenvalue weighted by Crippen LogP contribution is 2.17. The molecular formula is C14H20N2O2. The van der Waals surface area contributed by atoms with Crippen molar-refractivity contribution in [3.63, 3.8) is 0 Å². The Balaban J connectivity index is 2.82. The van der Waals surface area contributed by atoms with Gasteiger partial charge in [0.15, 0.2) is 0 Å². The summed E-state index contributed by atoms with van der Waals surface area (Å²) in [5.74, 6) is -1.06. The van der Waals surface area contributed by atoms with Crippen LogP contribution < -0.4 is 5.32 Å². The van der Waals surface area contributed by atoms with Gasteiger partial charge >= 0.3 is 11.8 Å². The number of amides is 2. The molecular weight excluding hydrogens is 228 g/mol. The maximum absolute atomic E-state index is 11.8. The number of carbonyl (C=O) groups excluding carboxylic acids is 2. The Hall–Kier alpha value is -1.84. The Morgan fingerprint density at radius 1 is 1.17 bits per heavy atom. The molecule has 0 bridgehead atoms. The normalized spacial score (nSPS) is 10.0. The van der Waals surface area contributed by atoms with Gasteiger partial charge in [0, 0.05) is 18.8 Å². The van der Waals surface area contributed by atoms with Crippen LogP contribution in [0, 0.1) is 13.8 Å². The molecule has 1 aromatic carbocycles. The van der Waals surface area contributed by atoms with Crippen LogP contribution in [0.15, 0.2) is 18.2 Å². The van der Waals surface area contributed by atoms with E-state index in [0.29, 0.717) is 18.8 Å². The van der Waals surface area contributed by atoms with Gasteiger partial charge in [-0.25, -0.2) is 0 Å². The Labute approximate surface area is 108 Å². The van der Waals surface area contributed by atoms with Gasteiger partial charge in [-0.3, -0.25) is 9.59 Å². The molecule has 0 saturated heterocycles. The van der Waals surface area contributed by atoms with E-state index in [1.54, 1.807) is 6.07 Å². The van der Waals surface area contributed by atoms with Gasteiger partial charge in [0.05, 0.1) is 0 Å². The molecule has 0 aliphatic heterocycles. The monoisotopic (exact) mass is 248 g/mol. The van der Waals surface area contributed by atoms with Crippen molar-refractivity contribution < 1.29 is 9.59 Å². The number of rotatable bonds is 3. The smallest absolute Gasteiger partial charge is 0.313 e. The first-order chi connectivity index (χ1) is 8.51. The Morgan fingerprint density at radius 2 is 1.78 bits per heavy atom. The van der Waals surface area contributed by atoms with Crippen LogP contribution in [0.1, 0.15) is 25.0 Å². The highest BCUT2D eigenvalue weighted by atomic mass is 16.2. The number of carbonyl (C=O) groups is 2. The van der Waals surface area contributed by atoms with E-state index < -0.39 is 11.8 Å². The minimum Gasteiger partial charge on any atom is -0.335 e. The minimum atomic E-state index is -0.576. The quantitative estimate of drug-likeness (QED) is 0.833. The number of nitrogens with zero attached hydrogens (tertiary/aromatic N) is 1. The maximum Gasteiger partial charge on any atom is 0.313 e. The van der Waals surface area contributed by atoms with Crippen LogP contribution in [0.3, 0.4) is 0 Å².